The molecule has 0 heterocycles. The van der Waals surface area contributed by atoms with Gasteiger partial charge >= 0.3 is 0 Å². The fourth-order valence-electron chi connectivity index (χ4n) is 1.04. The highest BCUT2D eigenvalue weighted by Gasteiger charge is 2.27. The van der Waals surface area contributed by atoms with Crippen molar-refractivity contribution in [2.24, 2.45) is 11.1 Å². The van der Waals surface area contributed by atoms with Gasteiger partial charge in [-0.15, -0.1) is 11.6 Å². The fourth-order valence-corrected chi connectivity index (χ4v) is 1.21. The summed E-state index contributed by atoms with van der Waals surface area (Å²) < 4.78 is 0. The van der Waals surface area contributed by atoms with Crippen molar-refractivity contribution in [3.63, 3.8) is 0 Å². The molecule has 0 saturated carbocycles. The number of rotatable bonds is 1. The molecule has 0 spiro atoms. The Balaban J connectivity index is 2.74. The van der Waals surface area contributed by atoms with Gasteiger partial charge in [-0.2, -0.15) is 0 Å². The van der Waals surface area contributed by atoms with Gasteiger partial charge in [0.2, 0.25) is 0 Å². The molecule has 11 heavy (non-hydrogen) atoms. The minimum absolute atomic E-state index is 0.0545. The lowest BCUT2D eigenvalue weighted by molar-refractivity contribution is 0.409. The Morgan fingerprint density at radius 3 is 2.73 bits per heavy atom. The Morgan fingerprint density at radius 1 is 1.73 bits per heavy atom. The zero-order valence-corrected chi connectivity index (χ0v) is 7.73. The maximum absolute atomic E-state index is 5.84. The van der Waals surface area contributed by atoms with Crippen molar-refractivity contribution >= 4 is 11.6 Å². The Morgan fingerprint density at radius 2 is 2.36 bits per heavy atom. The largest absolute Gasteiger partial charge is 0.315 e. The van der Waals surface area contributed by atoms with Crippen LogP contribution < -0.4 is 5.73 Å². The van der Waals surface area contributed by atoms with Crippen LogP contribution in [0.2, 0.25) is 0 Å². The summed E-state index contributed by atoms with van der Waals surface area (Å²) in [7, 11) is 0. The van der Waals surface area contributed by atoms with Gasteiger partial charge in [0.05, 0.1) is 5.50 Å². The van der Waals surface area contributed by atoms with E-state index in [2.05, 4.69) is 32.1 Å². The highest BCUT2D eigenvalue weighted by atomic mass is 35.5. The smallest absolute Gasteiger partial charge is 0.0892 e. The second-order valence-corrected chi connectivity index (χ2v) is 3.86. The summed E-state index contributed by atoms with van der Waals surface area (Å²) in [6, 6.07) is 0. The molecule has 0 saturated heterocycles. The molecular weight excluding hydrogens is 158 g/mol. The number of hydrogen-bond acceptors (Lipinski definition) is 1. The molecule has 1 aliphatic rings. The van der Waals surface area contributed by atoms with E-state index < -0.39 is 0 Å². The molecule has 2 heteroatoms. The van der Waals surface area contributed by atoms with E-state index in [9.17, 15) is 0 Å². The number of hydrogen-bond donors (Lipinski definition) is 1. The standard InChI is InChI=1S/C9H14ClN/c1-7-3-5-9(2,6-4-7)8(10)11/h3-5,8H,6,11H2,1-2H3. The molecule has 1 nitrogen and oxygen atoms in total. The molecule has 0 fully saturated rings. The third-order valence-corrected chi connectivity index (χ3v) is 2.72. The van der Waals surface area contributed by atoms with Gasteiger partial charge in [0.1, 0.15) is 0 Å². The zero-order chi connectivity index (χ0) is 8.48. The van der Waals surface area contributed by atoms with Crippen LogP contribution in [-0.2, 0) is 0 Å². The Bertz CT molecular complexity index is 206. The first-order chi connectivity index (χ1) is 5.04. The number of allylic oxidation sites excluding steroid dienone is 3. The molecule has 0 aromatic rings. The van der Waals surface area contributed by atoms with Gasteiger partial charge < -0.3 is 5.73 Å². The first-order valence-electron chi connectivity index (χ1n) is 3.80. The molecule has 0 radical (unpaired) electrons. The maximum atomic E-state index is 5.84. The highest BCUT2D eigenvalue weighted by Crippen LogP contribution is 2.33. The molecule has 1 rings (SSSR count). The summed E-state index contributed by atoms with van der Waals surface area (Å²) in [5.41, 5.74) is 6.58. The van der Waals surface area contributed by atoms with E-state index in [0.29, 0.717) is 0 Å². The van der Waals surface area contributed by atoms with Crippen LogP contribution in [0.3, 0.4) is 0 Å². The van der Waals surface area contributed by atoms with Crippen molar-refractivity contribution in [2.75, 3.05) is 0 Å². The molecule has 62 valence electrons. The van der Waals surface area contributed by atoms with Crippen LogP contribution in [0.5, 0.6) is 0 Å². The number of halogens is 1. The SMILES string of the molecule is CC1=CCC(C)(C(N)Cl)C=C1. The topological polar surface area (TPSA) is 26.0 Å². The van der Waals surface area contributed by atoms with E-state index in [0.717, 1.165) is 6.42 Å². The minimum atomic E-state index is -0.289. The van der Waals surface area contributed by atoms with E-state index in [1.54, 1.807) is 0 Å². The van der Waals surface area contributed by atoms with Crippen molar-refractivity contribution in [1.82, 2.24) is 0 Å². The average molecular weight is 172 g/mol. The van der Waals surface area contributed by atoms with Crippen LogP contribution in [0, 0.1) is 5.41 Å². The summed E-state index contributed by atoms with van der Waals surface area (Å²) in [6.45, 7) is 4.15. The monoisotopic (exact) mass is 171 g/mol. The van der Waals surface area contributed by atoms with Crippen LogP contribution in [0.25, 0.3) is 0 Å². The van der Waals surface area contributed by atoms with E-state index in [-0.39, 0.29) is 10.9 Å². The van der Waals surface area contributed by atoms with Crippen molar-refractivity contribution in [3.05, 3.63) is 23.8 Å². The lowest BCUT2D eigenvalue weighted by Crippen LogP contribution is -2.33. The molecule has 1 aliphatic carbocycles. The van der Waals surface area contributed by atoms with E-state index in [1.165, 1.54) is 5.57 Å². The van der Waals surface area contributed by atoms with E-state index >= 15 is 0 Å². The van der Waals surface area contributed by atoms with Gasteiger partial charge in [-0.3, -0.25) is 0 Å². The second kappa shape index (κ2) is 3.00. The molecule has 2 N–H and O–H groups in total. The lowest BCUT2D eigenvalue weighted by Gasteiger charge is -2.29. The molecule has 0 bridgehead atoms. The first kappa shape index (κ1) is 8.82. The Labute approximate surface area is 72.9 Å². The van der Waals surface area contributed by atoms with Gasteiger partial charge in [0.25, 0.3) is 0 Å². The maximum Gasteiger partial charge on any atom is 0.0892 e. The van der Waals surface area contributed by atoms with Gasteiger partial charge in [-0.1, -0.05) is 30.7 Å². The van der Waals surface area contributed by atoms with Crippen molar-refractivity contribution in [1.29, 1.82) is 0 Å². The van der Waals surface area contributed by atoms with Crippen LogP contribution in [0.4, 0.5) is 0 Å². The van der Waals surface area contributed by atoms with Crippen LogP contribution in [0.15, 0.2) is 23.8 Å². The van der Waals surface area contributed by atoms with Crippen LogP contribution >= 0.6 is 11.6 Å². The van der Waals surface area contributed by atoms with Gasteiger partial charge in [-0.05, 0) is 13.3 Å². The predicted molar refractivity (Wildman–Crippen MR) is 49.4 cm³/mol. The summed E-state index contributed by atoms with van der Waals surface area (Å²) in [5, 5.41) is 0. The summed E-state index contributed by atoms with van der Waals surface area (Å²) in [4.78, 5) is 0. The molecule has 2 unspecified atom stereocenters. The molecule has 0 aliphatic heterocycles. The van der Waals surface area contributed by atoms with Crippen LogP contribution in [0.1, 0.15) is 20.3 Å². The summed E-state index contributed by atoms with van der Waals surface area (Å²) in [5.74, 6) is 0. The summed E-state index contributed by atoms with van der Waals surface area (Å²) >= 11 is 5.84. The molecule has 0 aromatic heterocycles. The predicted octanol–water partition coefficient (Wildman–Crippen LogP) is 2.42. The van der Waals surface area contributed by atoms with Crippen LogP contribution in [-0.4, -0.2) is 5.50 Å². The average Bonchev–Trinajstić information content (AvgIpc) is 1.95. The van der Waals surface area contributed by atoms with Gasteiger partial charge in [-0.25, -0.2) is 0 Å². The van der Waals surface area contributed by atoms with Crippen molar-refractivity contribution < 1.29 is 0 Å². The van der Waals surface area contributed by atoms with E-state index in [4.69, 9.17) is 17.3 Å². The van der Waals surface area contributed by atoms with Gasteiger partial charge in [0.15, 0.2) is 0 Å². The minimum Gasteiger partial charge on any atom is -0.315 e. The third kappa shape index (κ3) is 1.85. The number of alkyl halides is 1. The summed E-state index contributed by atoms with van der Waals surface area (Å²) in [6.07, 6.45) is 7.29. The Hall–Kier alpha value is -0.270. The normalized spacial score (nSPS) is 33.3. The lowest BCUT2D eigenvalue weighted by atomic mass is 9.82. The van der Waals surface area contributed by atoms with Gasteiger partial charge in [0, 0.05) is 5.41 Å². The van der Waals surface area contributed by atoms with E-state index in [1.807, 2.05) is 0 Å². The molecule has 2 atom stereocenters. The van der Waals surface area contributed by atoms with Crippen molar-refractivity contribution in [2.45, 2.75) is 25.8 Å². The molecular formula is C9H14ClN. The second-order valence-electron chi connectivity index (χ2n) is 3.39. The van der Waals surface area contributed by atoms with Crippen molar-refractivity contribution in [3.8, 4) is 0 Å². The Kier molecular flexibility index (Phi) is 2.40. The zero-order valence-electron chi connectivity index (χ0n) is 6.97. The quantitative estimate of drug-likeness (QED) is 0.476. The third-order valence-electron chi connectivity index (χ3n) is 2.22. The fraction of sp³-hybridized carbons (Fsp3) is 0.556. The number of nitrogens with two attached hydrogens (primary N) is 1. The molecule has 0 amide bonds. The first-order valence-corrected chi connectivity index (χ1v) is 4.24. The molecule has 0 aromatic carbocycles. The highest BCUT2D eigenvalue weighted by molar-refractivity contribution is 6.20.